The Kier molecular flexibility index (Phi) is 3.80. The molecule has 136 valence electrons. The van der Waals surface area contributed by atoms with E-state index in [0.29, 0.717) is 0 Å². The van der Waals surface area contributed by atoms with Crippen molar-refractivity contribution in [1.82, 2.24) is 0 Å². The Morgan fingerprint density at radius 1 is 0.607 bits per heavy atom. The molecule has 0 saturated heterocycles. The largest absolute Gasteiger partial charge is 0.456 e. The Morgan fingerprint density at radius 2 is 1.32 bits per heavy atom. The first-order valence-electron chi connectivity index (χ1n) is 9.61. The number of para-hydroxylation sites is 1. The Morgan fingerprint density at radius 3 is 2.14 bits per heavy atom. The summed E-state index contributed by atoms with van der Waals surface area (Å²) in [5, 5.41) is 2.33. The maximum Gasteiger partial charge on any atom is 0.213 e. The van der Waals surface area contributed by atoms with Crippen LogP contribution in [0.15, 0.2) is 83.3 Å². The molecule has 5 rings (SSSR count). The Bertz CT molecular complexity index is 1340. The minimum Gasteiger partial charge on any atom is -0.456 e. The van der Waals surface area contributed by atoms with Crippen molar-refractivity contribution in [2.45, 2.75) is 13.8 Å². The van der Waals surface area contributed by atoms with E-state index in [0.717, 1.165) is 21.9 Å². The Balaban J connectivity index is 1.76. The summed E-state index contributed by atoms with van der Waals surface area (Å²) in [7, 11) is 2.15. The van der Waals surface area contributed by atoms with Gasteiger partial charge >= 0.3 is 0 Å². The molecule has 5 aromatic rings. The molecule has 0 radical (unpaired) electrons. The monoisotopic (exact) mass is 364 g/mol. The first-order valence-corrected chi connectivity index (χ1v) is 9.61. The lowest BCUT2D eigenvalue weighted by molar-refractivity contribution is -0.649. The number of nitrogens with zero attached hydrogens (tertiary/aromatic N) is 1. The second kappa shape index (κ2) is 6.35. The number of fused-ring (bicyclic) bond motifs is 3. The van der Waals surface area contributed by atoms with Gasteiger partial charge in [-0.1, -0.05) is 36.4 Å². The van der Waals surface area contributed by atoms with Crippen LogP contribution < -0.4 is 4.57 Å². The van der Waals surface area contributed by atoms with E-state index in [1.54, 1.807) is 0 Å². The van der Waals surface area contributed by atoms with Gasteiger partial charge in [0.2, 0.25) is 11.4 Å². The standard InChI is InChI=1S/C26H22NO/c1-17-9-4-5-10-19(17)23-12-8-13-24(27(23)3)21-16-22-20-11-6-7-14-25(20)28-26(22)15-18(21)2/h4-16H,1-3H3/q+1. The molecule has 0 aliphatic carbocycles. The van der Waals surface area contributed by atoms with E-state index in [4.69, 9.17) is 4.42 Å². The third-order valence-corrected chi connectivity index (χ3v) is 5.65. The zero-order valence-electron chi connectivity index (χ0n) is 16.4. The molecule has 0 saturated carbocycles. The summed E-state index contributed by atoms with van der Waals surface area (Å²) in [6.45, 7) is 4.32. The molecular weight excluding hydrogens is 342 g/mol. The SMILES string of the molecule is Cc1ccccc1-c1cccc(-c2cc3c(cc2C)oc2ccccc23)[n+]1C. The van der Waals surface area contributed by atoms with Gasteiger partial charge in [0.05, 0.1) is 0 Å². The molecule has 3 aromatic carbocycles. The average molecular weight is 364 g/mol. The molecule has 0 spiro atoms. The second-order valence-corrected chi connectivity index (χ2v) is 7.43. The number of aryl methyl sites for hydroxylation is 2. The van der Waals surface area contributed by atoms with Crippen LogP contribution in [-0.2, 0) is 7.05 Å². The van der Waals surface area contributed by atoms with E-state index in [-0.39, 0.29) is 0 Å². The molecule has 0 N–H and O–H groups in total. The molecule has 0 aliphatic rings. The second-order valence-electron chi connectivity index (χ2n) is 7.43. The highest BCUT2D eigenvalue weighted by Crippen LogP contribution is 2.34. The van der Waals surface area contributed by atoms with Gasteiger partial charge in [0.25, 0.3) is 0 Å². The van der Waals surface area contributed by atoms with Gasteiger partial charge in [-0.25, -0.2) is 0 Å². The molecular formula is C26H22NO+. The van der Waals surface area contributed by atoms with Gasteiger partial charge in [0, 0.05) is 34.0 Å². The first-order chi connectivity index (χ1) is 13.6. The summed E-state index contributed by atoms with van der Waals surface area (Å²) in [5.74, 6) is 0. The van der Waals surface area contributed by atoms with Crippen LogP contribution in [0.5, 0.6) is 0 Å². The van der Waals surface area contributed by atoms with Crippen molar-refractivity contribution in [2.75, 3.05) is 0 Å². The molecule has 0 aliphatic heterocycles. The molecule has 0 bridgehead atoms. The van der Waals surface area contributed by atoms with Crippen molar-refractivity contribution in [3.63, 3.8) is 0 Å². The Labute approximate surface area is 164 Å². The highest BCUT2D eigenvalue weighted by atomic mass is 16.3. The fourth-order valence-electron chi connectivity index (χ4n) is 4.13. The number of benzene rings is 3. The fourth-order valence-corrected chi connectivity index (χ4v) is 4.13. The van der Waals surface area contributed by atoms with Gasteiger partial charge in [-0.15, -0.1) is 0 Å². The third kappa shape index (κ3) is 2.53. The summed E-state index contributed by atoms with van der Waals surface area (Å²) < 4.78 is 8.35. The number of hydrogen-bond acceptors (Lipinski definition) is 1. The molecule has 0 fully saturated rings. The van der Waals surface area contributed by atoms with Gasteiger partial charge in [0.15, 0.2) is 0 Å². The number of rotatable bonds is 2. The molecule has 0 amide bonds. The molecule has 0 atom stereocenters. The molecule has 0 unspecified atom stereocenters. The maximum absolute atomic E-state index is 6.06. The zero-order chi connectivity index (χ0) is 19.3. The quantitative estimate of drug-likeness (QED) is 0.333. The van der Waals surface area contributed by atoms with Crippen molar-refractivity contribution in [3.8, 4) is 22.5 Å². The van der Waals surface area contributed by atoms with Crippen LogP contribution in [-0.4, -0.2) is 0 Å². The summed E-state index contributed by atoms with van der Waals surface area (Å²) >= 11 is 0. The number of hydrogen-bond donors (Lipinski definition) is 0. The van der Waals surface area contributed by atoms with E-state index in [2.05, 4.69) is 92.2 Å². The van der Waals surface area contributed by atoms with Gasteiger partial charge in [-0.05, 0) is 55.3 Å². The van der Waals surface area contributed by atoms with Crippen LogP contribution in [0.1, 0.15) is 11.1 Å². The molecule has 2 heteroatoms. The van der Waals surface area contributed by atoms with Crippen LogP contribution in [0.25, 0.3) is 44.5 Å². The van der Waals surface area contributed by atoms with Gasteiger partial charge in [-0.3, -0.25) is 0 Å². The molecule has 28 heavy (non-hydrogen) atoms. The smallest absolute Gasteiger partial charge is 0.213 e. The van der Waals surface area contributed by atoms with Crippen molar-refractivity contribution in [2.24, 2.45) is 7.05 Å². The third-order valence-electron chi connectivity index (χ3n) is 5.65. The van der Waals surface area contributed by atoms with E-state index in [1.165, 1.54) is 33.6 Å². The minimum absolute atomic E-state index is 0.937. The average Bonchev–Trinajstić information content (AvgIpc) is 3.06. The fraction of sp³-hybridized carbons (Fsp3) is 0.115. The summed E-state index contributed by atoms with van der Waals surface area (Å²) in [5.41, 5.74) is 9.29. The topological polar surface area (TPSA) is 17.0 Å². The van der Waals surface area contributed by atoms with Crippen molar-refractivity contribution in [1.29, 1.82) is 0 Å². The molecule has 2 nitrogen and oxygen atoms in total. The van der Waals surface area contributed by atoms with E-state index >= 15 is 0 Å². The van der Waals surface area contributed by atoms with E-state index in [9.17, 15) is 0 Å². The highest BCUT2D eigenvalue weighted by Gasteiger charge is 2.20. The van der Waals surface area contributed by atoms with Gasteiger partial charge < -0.3 is 4.42 Å². The van der Waals surface area contributed by atoms with Crippen LogP contribution in [0.2, 0.25) is 0 Å². The predicted molar refractivity (Wildman–Crippen MR) is 115 cm³/mol. The summed E-state index contributed by atoms with van der Waals surface area (Å²) in [4.78, 5) is 0. The molecule has 2 heterocycles. The van der Waals surface area contributed by atoms with E-state index < -0.39 is 0 Å². The lowest BCUT2D eigenvalue weighted by Crippen LogP contribution is -2.34. The van der Waals surface area contributed by atoms with E-state index in [1.807, 2.05) is 12.1 Å². The minimum atomic E-state index is 0.937. The van der Waals surface area contributed by atoms with Crippen molar-refractivity contribution >= 4 is 21.9 Å². The molecule has 2 aromatic heterocycles. The van der Waals surface area contributed by atoms with Gasteiger partial charge in [-0.2, -0.15) is 4.57 Å². The van der Waals surface area contributed by atoms with Gasteiger partial charge in [0.1, 0.15) is 18.2 Å². The first kappa shape index (κ1) is 16.8. The highest BCUT2D eigenvalue weighted by molar-refractivity contribution is 6.06. The number of aromatic nitrogens is 1. The summed E-state index contributed by atoms with van der Waals surface area (Å²) in [6, 6.07) is 27.7. The van der Waals surface area contributed by atoms with Crippen molar-refractivity contribution < 1.29 is 8.98 Å². The normalized spacial score (nSPS) is 11.4. The summed E-state index contributed by atoms with van der Waals surface area (Å²) in [6.07, 6.45) is 0. The lowest BCUT2D eigenvalue weighted by atomic mass is 9.99. The zero-order valence-corrected chi connectivity index (χ0v) is 16.4. The van der Waals surface area contributed by atoms with Crippen LogP contribution in [0, 0.1) is 13.8 Å². The number of pyridine rings is 1. The van der Waals surface area contributed by atoms with Crippen LogP contribution >= 0.6 is 0 Å². The lowest BCUT2D eigenvalue weighted by Gasteiger charge is -2.09. The Hall–Kier alpha value is -3.39. The van der Waals surface area contributed by atoms with Crippen LogP contribution in [0.4, 0.5) is 0 Å². The predicted octanol–water partition coefficient (Wildman–Crippen LogP) is 6.36. The van der Waals surface area contributed by atoms with Crippen LogP contribution in [0.3, 0.4) is 0 Å². The number of furan rings is 1. The van der Waals surface area contributed by atoms with Crippen molar-refractivity contribution in [3.05, 3.63) is 90.0 Å². The maximum atomic E-state index is 6.06.